The molecule has 0 unspecified atom stereocenters. The normalized spacial score (nSPS) is 10.6. The summed E-state index contributed by atoms with van der Waals surface area (Å²) in [5.41, 5.74) is 4.28. The zero-order chi connectivity index (χ0) is 15.6. The fourth-order valence-electron chi connectivity index (χ4n) is 2.66. The van der Waals surface area contributed by atoms with Crippen LogP contribution in [0.3, 0.4) is 0 Å². The Hall–Kier alpha value is -1.47. The first-order chi connectivity index (χ1) is 9.93. The molecular weight excluding hydrogens is 359 g/mol. The van der Waals surface area contributed by atoms with E-state index in [1.807, 2.05) is 6.07 Å². The molecule has 2 aromatic rings. The van der Waals surface area contributed by atoms with E-state index < -0.39 is 0 Å². The van der Waals surface area contributed by atoms with Crippen LogP contribution in [0.1, 0.15) is 61.8 Å². The number of benzene rings is 2. The number of nitrogens with one attached hydrogen (secondary N) is 1. The molecule has 0 aliphatic rings. The summed E-state index contributed by atoms with van der Waals surface area (Å²) in [4.78, 5) is 0. The summed E-state index contributed by atoms with van der Waals surface area (Å²) in [6, 6.07) is 13.3. The van der Waals surface area contributed by atoms with Gasteiger partial charge < -0.3 is 5.11 Å². The third-order valence-electron chi connectivity index (χ3n) is 3.80. The number of phenolic OH excluding ortho intramolecular Hbond substituents is 1. The summed E-state index contributed by atoms with van der Waals surface area (Å²) < 4.78 is 0. The molecule has 0 amide bonds. The van der Waals surface area contributed by atoms with Crippen molar-refractivity contribution in [3.8, 4) is 5.75 Å². The molecule has 118 valence electrons. The van der Waals surface area contributed by atoms with Crippen LogP contribution in [-0.4, -0.2) is 10.8 Å². The second kappa shape index (κ2) is 7.69. The summed E-state index contributed by atoms with van der Waals surface area (Å²) >= 11 is 0. The van der Waals surface area contributed by atoms with Crippen molar-refractivity contribution in [2.24, 2.45) is 0 Å². The summed E-state index contributed by atoms with van der Waals surface area (Å²) in [5, 5.41) is 18.7. The van der Waals surface area contributed by atoms with Crippen LogP contribution in [0.15, 0.2) is 42.5 Å². The van der Waals surface area contributed by atoms with E-state index in [-0.39, 0.29) is 25.2 Å². The Morgan fingerprint density at radius 2 is 1.36 bits per heavy atom. The van der Waals surface area contributed by atoms with Gasteiger partial charge in [-0.3, -0.25) is 5.41 Å². The van der Waals surface area contributed by atoms with Gasteiger partial charge in [-0.25, -0.2) is 0 Å². The summed E-state index contributed by atoms with van der Waals surface area (Å²) in [6.45, 7) is 8.56. The minimum atomic E-state index is 0. The van der Waals surface area contributed by atoms with Crippen molar-refractivity contribution >= 4 is 5.71 Å². The Morgan fingerprint density at radius 3 is 1.82 bits per heavy atom. The third-order valence-corrected chi connectivity index (χ3v) is 3.80. The quantitative estimate of drug-likeness (QED) is 0.564. The Kier molecular flexibility index (Phi) is 6.50. The van der Waals surface area contributed by atoms with Crippen LogP contribution in [0.2, 0.25) is 0 Å². The molecule has 22 heavy (non-hydrogen) atoms. The fourth-order valence-corrected chi connectivity index (χ4v) is 2.66. The van der Waals surface area contributed by atoms with Crippen LogP contribution < -0.4 is 0 Å². The third kappa shape index (κ3) is 3.65. The molecule has 0 aliphatic heterocycles. The predicted octanol–water partition coefficient (Wildman–Crippen LogP) is 5.05. The average Bonchev–Trinajstić information content (AvgIpc) is 2.46. The number of phenols is 1. The van der Waals surface area contributed by atoms with Gasteiger partial charge >= 0.3 is 0 Å². The Balaban J connectivity index is 0.00000242. The maximum absolute atomic E-state index is 10.1. The van der Waals surface area contributed by atoms with Crippen LogP contribution in [-0.2, 0) is 19.5 Å². The smallest absolute Gasteiger partial charge is 0.124 e. The number of hydrogen-bond donors (Lipinski definition) is 2. The Bertz CT molecular complexity index is 636. The van der Waals surface area contributed by atoms with Gasteiger partial charge in [0.1, 0.15) is 5.75 Å². The van der Waals surface area contributed by atoms with Gasteiger partial charge in [0.05, 0.1) is 5.71 Å². The molecule has 0 aromatic heterocycles. The van der Waals surface area contributed by atoms with Crippen molar-refractivity contribution < 1.29 is 24.6 Å². The molecule has 0 heterocycles. The molecule has 0 saturated heterocycles. The van der Waals surface area contributed by atoms with E-state index >= 15 is 0 Å². The van der Waals surface area contributed by atoms with Crippen molar-refractivity contribution in [2.45, 2.75) is 39.5 Å². The molecule has 0 aliphatic carbocycles. The standard InChI is InChI=1S/C19H23NO.Ru/c1-12(2)14-9-7-10-15(13(3)4)18(14)19(20)16-8-5-6-11-17(16)21;/h5-13,20-21H,1-4H3;. The van der Waals surface area contributed by atoms with E-state index in [0.29, 0.717) is 23.1 Å². The molecule has 0 fully saturated rings. The first-order valence-electron chi connectivity index (χ1n) is 7.43. The molecule has 0 spiro atoms. The van der Waals surface area contributed by atoms with E-state index in [1.54, 1.807) is 18.2 Å². The van der Waals surface area contributed by atoms with Gasteiger partial charge in [-0.05, 0) is 35.1 Å². The second-order valence-electron chi connectivity index (χ2n) is 6.01. The maximum atomic E-state index is 10.1. The molecule has 2 N–H and O–H groups in total. The molecule has 2 aromatic carbocycles. The van der Waals surface area contributed by atoms with Crippen LogP contribution in [0.5, 0.6) is 5.75 Å². The van der Waals surface area contributed by atoms with E-state index in [0.717, 1.165) is 16.7 Å². The first-order valence-corrected chi connectivity index (χ1v) is 7.43. The minimum Gasteiger partial charge on any atom is -0.507 e. The van der Waals surface area contributed by atoms with E-state index in [1.165, 1.54) is 0 Å². The van der Waals surface area contributed by atoms with E-state index in [9.17, 15) is 5.11 Å². The van der Waals surface area contributed by atoms with Crippen LogP contribution in [0.4, 0.5) is 0 Å². The molecule has 0 atom stereocenters. The van der Waals surface area contributed by atoms with Crippen LogP contribution >= 0.6 is 0 Å². The van der Waals surface area contributed by atoms with Crippen LogP contribution in [0.25, 0.3) is 0 Å². The number of aromatic hydroxyl groups is 1. The number of hydrogen-bond acceptors (Lipinski definition) is 2. The molecule has 0 bridgehead atoms. The molecule has 0 saturated carbocycles. The zero-order valence-corrected chi connectivity index (χ0v) is 15.2. The first kappa shape index (κ1) is 18.6. The summed E-state index contributed by atoms with van der Waals surface area (Å²) in [6.07, 6.45) is 0. The van der Waals surface area contributed by atoms with Gasteiger partial charge in [0.15, 0.2) is 0 Å². The number of rotatable bonds is 4. The van der Waals surface area contributed by atoms with Gasteiger partial charge in [-0.15, -0.1) is 0 Å². The van der Waals surface area contributed by atoms with Gasteiger partial charge in [-0.2, -0.15) is 0 Å². The van der Waals surface area contributed by atoms with E-state index in [4.69, 9.17) is 5.41 Å². The van der Waals surface area contributed by atoms with Crippen molar-refractivity contribution in [2.75, 3.05) is 0 Å². The van der Waals surface area contributed by atoms with Gasteiger partial charge in [0.2, 0.25) is 0 Å². The second-order valence-corrected chi connectivity index (χ2v) is 6.01. The monoisotopic (exact) mass is 383 g/mol. The molecule has 2 rings (SSSR count). The van der Waals surface area contributed by atoms with Gasteiger partial charge in [-0.1, -0.05) is 58.0 Å². The van der Waals surface area contributed by atoms with Gasteiger partial charge in [0.25, 0.3) is 0 Å². The number of para-hydroxylation sites is 1. The average molecular weight is 382 g/mol. The molecule has 3 heteroatoms. The largest absolute Gasteiger partial charge is 0.507 e. The van der Waals surface area contributed by atoms with Crippen molar-refractivity contribution in [1.29, 1.82) is 5.41 Å². The maximum Gasteiger partial charge on any atom is 0.124 e. The Labute approximate surface area is 145 Å². The van der Waals surface area contributed by atoms with Gasteiger partial charge in [0, 0.05) is 30.6 Å². The van der Waals surface area contributed by atoms with E-state index in [2.05, 4.69) is 45.9 Å². The Morgan fingerprint density at radius 1 is 0.864 bits per heavy atom. The van der Waals surface area contributed by atoms with Crippen molar-refractivity contribution in [1.82, 2.24) is 0 Å². The molecule has 2 nitrogen and oxygen atoms in total. The fraction of sp³-hybridized carbons (Fsp3) is 0.316. The van der Waals surface area contributed by atoms with Crippen LogP contribution in [0, 0.1) is 5.41 Å². The van der Waals surface area contributed by atoms with Crippen molar-refractivity contribution in [3.05, 3.63) is 64.7 Å². The topological polar surface area (TPSA) is 44.1 Å². The van der Waals surface area contributed by atoms with Crippen molar-refractivity contribution in [3.63, 3.8) is 0 Å². The zero-order valence-electron chi connectivity index (χ0n) is 13.5. The molecular formula is C19H23NORu. The summed E-state index contributed by atoms with van der Waals surface area (Å²) in [5.74, 6) is 0.838. The predicted molar refractivity (Wildman–Crippen MR) is 88.7 cm³/mol. The minimum absolute atomic E-state index is 0. The summed E-state index contributed by atoms with van der Waals surface area (Å²) in [7, 11) is 0. The molecule has 0 radical (unpaired) electrons. The SMILES string of the molecule is CC(C)c1cccc(C(C)C)c1C(=N)c1ccccc1O.[Ru].